The molecule has 1 amide bonds. The highest BCUT2D eigenvalue weighted by Gasteiger charge is 2.16. The number of amides is 1. The molecule has 1 N–H and O–H groups in total. The van der Waals surface area contributed by atoms with Gasteiger partial charge in [0, 0.05) is 11.1 Å². The number of aromatic nitrogens is 2. The molecule has 3 aromatic rings. The van der Waals surface area contributed by atoms with Gasteiger partial charge in [-0.2, -0.15) is 0 Å². The number of hydrogen-bond donors (Lipinski definition) is 1. The molecular weight excluding hydrogens is 418 g/mol. The number of thioether (sulfide) groups is 1. The van der Waals surface area contributed by atoms with Crippen molar-refractivity contribution < 1.29 is 23.9 Å². The number of anilines is 1. The Hall–Kier alpha value is -3.46. The Labute approximate surface area is 183 Å². The molecule has 0 bridgehead atoms. The Kier molecular flexibility index (Phi) is 7.55. The van der Waals surface area contributed by atoms with E-state index in [-0.39, 0.29) is 36.0 Å². The first kappa shape index (κ1) is 22.2. The Bertz CT molecular complexity index is 1080. The second kappa shape index (κ2) is 10.5. The summed E-state index contributed by atoms with van der Waals surface area (Å²) in [7, 11) is 0. The Morgan fingerprint density at radius 1 is 0.935 bits per heavy atom. The van der Waals surface area contributed by atoms with Crippen LogP contribution in [0.1, 0.15) is 34.6 Å². The molecule has 160 valence electrons. The molecule has 0 aliphatic rings. The van der Waals surface area contributed by atoms with Crippen molar-refractivity contribution in [2.75, 3.05) is 24.3 Å². The van der Waals surface area contributed by atoms with E-state index >= 15 is 0 Å². The van der Waals surface area contributed by atoms with Crippen LogP contribution in [-0.4, -0.2) is 46.8 Å². The summed E-state index contributed by atoms with van der Waals surface area (Å²) in [5, 5.41) is 4.26. The van der Waals surface area contributed by atoms with Crippen molar-refractivity contribution in [1.82, 2.24) is 9.97 Å². The molecule has 0 unspecified atom stereocenters. The largest absolute Gasteiger partial charge is 0.462 e. The normalized spacial score (nSPS) is 10.5. The van der Waals surface area contributed by atoms with Crippen molar-refractivity contribution >= 4 is 46.2 Å². The van der Waals surface area contributed by atoms with Gasteiger partial charge in [0.25, 0.3) is 0 Å². The maximum Gasteiger partial charge on any atom is 0.338 e. The standard InChI is InChI=1S/C22H21N3O5S/c1-3-29-21(27)14-9-15(22(28)30-4-2)11-16(10-14)25-19(26)12-31-20-17-7-5-6-8-18(17)23-13-24-20/h5-11,13H,3-4,12H2,1-2H3,(H,25,26). The predicted molar refractivity (Wildman–Crippen MR) is 117 cm³/mol. The Morgan fingerprint density at radius 3 is 2.23 bits per heavy atom. The minimum absolute atomic E-state index is 0.0827. The smallest absolute Gasteiger partial charge is 0.338 e. The lowest BCUT2D eigenvalue weighted by Gasteiger charge is -2.11. The van der Waals surface area contributed by atoms with Crippen LogP contribution in [0.25, 0.3) is 10.9 Å². The van der Waals surface area contributed by atoms with E-state index in [1.165, 1.54) is 36.3 Å². The van der Waals surface area contributed by atoms with Gasteiger partial charge in [-0.3, -0.25) is 4.79 Å². The molecular formula is C22H21N3O5S. The third-order valence-corrected chi connectivity index (χ3v) is 5.09. The van der Waals surface area contributed by atoms with Crippen molar-refractivity contribution in [2.24, 2.45) is 0 Å². The number of carbonyl (C=O) groups excluding carboxylic acids is 3. The van der Waals surface area contributed by atoms with E-state index in [0.717, 1.165) is 10.9 Å². The highest BCUT2D eigenvalue weighted by molar-refractivity contribution is 8.00. The average Bonchev–Trinajstić information content (AvgIpc) is 2.77. The zero-order valence-corrected chi connectivity index (χ0v) is 17.9. The minimum atomic E-state index is -0.592. The Morgan fingerprint density at radius 2 is 1.58 bits per heavy atom. The molecule has 0 aliphatic carbocycles. The zero-order chi connectivity index (χ0) is 22.2. The summed E-state index contributed by atoms with van der Waals surface area (Å²) < 4.78 is 10.0. The second-order valence-electron chi connectivity index (χ2n) is 6.27. The maximum absolute atomic E-state index is 12.5. The number of nitrogens with zero attached hydrogens (tertiary/aromatic N) is 2. The van der Waals surface area contributed by atoms with Gasteiger partial charge in [-0.15, -0.1) is 0 Å². The van der Waals surface area contributed by atoms with Crippen molar-refractivity contribution in [3.8, 4) is 0 Å². The van der Waals surface area contributed by atoms with Crippen LogP contribution in [-0.2, 0) is 14.3 Å². The van der Waals surface area contributed by atoms with E-state index in [9.17, 15) is 14.4 Å². The molecule has 0 fully saturated rings. The number of benzene rings is 2. The van der Waals surface area contributed by atoms with Gasteiger partial charge in [-0.25, -0.2) is 19.6 Å². The number of hydrogen-bond acceptors (Lipinski definition) is 8. The number of ether oxygens (including phenoxy) is 2. The van der Waals surface area contributed by atoms with Gasteiger partial charge < -0.3 is 14.8 Å². The first-order chi connectivity index (χ1) is 15.0. The fourth-order valence-corrected chi connectivity index (χ4v) is 3.58. The van der Waals surface area contributed by atoms with E-state index in [0.29, 0.717) is 10.7 Å². The lowest BCUT2D eigenvalue weighted by molar-refractivity contribution is -0.113. The number of carbonyl (C=O) groups is 3. The van der Waals surface area contributed by atoms with Gasteiger partial charge in [-0.1, -0.05) is 30.0 Å². The first-order valence-electron chi connectivity index (χ1n) is 9.63. The third kappa shape index (κ3) is 5.79. The minimum Gasteiger partial charge on any atom is -0.462 e. The molecule has 0 spiro atoms. The molecule has 0 atom stereocenters. The Balaban J connectivity index is 1.76. The van der Waals surface area contributed by atoms with Crippen molar-refractivity contribution in [3.05, 3.63) is 59.9 Å². The van der Waals surface area contributed by atoms with Crippen LogP contribution in [0, 0.1) is 0 Å². The fraction of sp³-hybridized carbons (Fsp3) is 0.227. The number of rotatable bonds is 8. The van der Waals surface area contributed by atoms with Gasteiger partial charge in [0.1, 0.15) is 11.4 Å². The third-order valence-electron chi connectivity index (χ3n) is 4.09. The van der Waals surface area contributed by atoms with Crippen LogP contribution in [0.4, 0.5) is 5.69 Å². The van der Waals surface area contributed by atoms with E-state index in [2.05, 4.69) is 15.3 Å². The number of nitrogens with one attached hydrogen (secondary N) is 1. The van der Waals surface area contributed by atoms with Crippen LogP contribution in [0.3, 0.4) is 0 Å². The summed E-state index contributed by atoms with van der Waals surface area (Å²) in [5.74, 6) is -1.42. The predicted octanol–water partition coefficient (Wildman–Crippen LogP) is 3.71. The van der Waals surface area contributed by atoms with E-state index in [1.54, 1.807) is 13.8 Å². The summed E-state index contributed by atoms with van der Waals surface area (Å²) in [4.78, 5) is 45.3. The van der Waals surface area contributed by atoms with E-state index in [1.807, 2.05) is 24.3 Å². The molecule has 0 saturated carbocycles. The van der Waals surface area contributed by atoms with Gasteiger partial charge in [0.15, 0.2) is 0 Å². The molecule has 9 heteroatoms. The van der Waals surface area contributed by atoms with Gasteiger partial charge >= 0.3 is 11.9 Å². The SMILES string of the molecule is CCOC(=O)c1cc(NC(=O)CSc2ncnc3ccccc23)cc(C(=O)OCC)c1. The maximum atomic E-state index is 12.5. The number of para-hydroxylation sites is 1. The van der Waals surface area contributed by atoms with Crippen LogP contribution < -0.4 is 5.32 Å². The van der Waals surface area contributed by atoms with Crippen LogP contribution in [0.2, 0.25) is 0 Å². The van der Waals surface area contributed by atoms with Crippen molar-refractivity contribution in [3.63, 3.8) is 0 Å². The molecule has 0 aliphatic heterocycles. The highest BCUT2D eigenvalue weighted by Crippen LogP contribution is 2.24. The lowest BCUT2D eigenvalue weighted by Crippen LogP contribution is -2.16. The van der Waals surface area contributed by atoms with Gasteiger partial charge in [0.2, 0.25) is 5.91 Å². The zero-order valence-electron chi connectivity index (χ0n) is 17.1. The summed E-state index contributed by atoms with van der Waals surface area (Å²) in [6.07, 6.45) is 1.46. The van der Waals surface area contributed by atoms with E-state index in [4.69, 9.17) is 9.47 Å². The lowest BCUT2D eigenvalue weighted by atomic mass is 10.1. The first-order valence-corrected chi connectivity index (χ1v) is 10.6. The van der Waals surface area contributed by atoms with Crippen molar-refractivity contribution in [1.29, 1.82) is 0 Å². The molecule has 1 heterocycles. The van der Waals surface area contributed by atoms with Crippen molar-refractivity contribution in [2.45, 2.75) is 18.9 Å². The summed E-state index contributed by atoms with van der Waals surface area (Å²) in [6.45, 7) is 3.75. The molecule has 0 saturated heterocycles. The molecule has 31 heavy (non-hydrogen) atoms. The monoisotopic (exact) mass is 439 g/mol. The van der Waals surface area contributed by atoms with Crippen LogP contribution in [0.5, 0.6) is 0 Å². The van der Waals surface area contributed by atoms with Gasteiger partial charge in [-0.05, 0) is 38.1 Å². The molecule has 3 rings (SSSR count). The van der Waals surface area contributed by atoms with Gasteiger partial charge in [0.05, 0.1) is 35.6 Å². The summed E-state index contributed by atoms with van der Waals surface area (Å²) in [6, 6.07) is 11.8. The second-order valence-corrected chi connectivity index (χ2v) is 7.24. The molecule has 2 aromatic carbocycles. The molecule has 8 nitrogen and oxygen atoms in total. The summed E-state index contributed by atoms with van der Waals surface area (Å²) >= 11 is 1.27. The molecule has 0 radical (unpaired) electrons. The average molecular weight is 439 g/mol. The molecule has 1 aromatic heterocycles. The van der Waals surface area contributed by atoms with Crippen LogP contribution >= 0.6 is 11.8 Å². The number of fused-ring (bicyclic) bond motifs is 1. The topological polar surface area (TPSA) is 107 Å². The van der Waals surface area contributed by atoms with Crippen LogP contribution in [0.15, 0.2) is 53.8 Å². The highest BCUT2D eigenvalue weighted by atomic mass is 32.2. The summed E-state index contributed by atoms with van der Waals surface area (Å²) in [5.41, 5.74) is 1.39. The number of esters is 2. The van der Waals surface area contributed by atoms with E-state index < -0.39 is 11.9 Å². The fourth-order valence-electron chi connectivity index (χ4n) is 2.79. The quantitative estimate of drug-likeness (QED) is 0.321.